The van der Waals surface area contributed by atoms with Crippen molar-refractivity contribution < 1.29 is 53.5 Å². The van der Waals surface area contributed by atoms with E-state index in [0.717, 1.165) is 35.4 Å². The Bertz CT molecular complexity index is 1860. The van der Waals surface area contributed by atoms with Gasteiger partial charge >= 0.3 is 12.3 Å². The number of hydrogen-bond donors (Lipinski definition) is 2. The van der Waals surface area contributed by atoms with Crippen LogP contribution in [0.5, 0.6) is 5.75 Å². The normalized spacial score (nSPS) is 13.3. The van der Waals surface area contributed by atoms with Gasteiger partial charge in [-0.05, 0) is 58.5 Å². The fourth-order valence-corrected chi connectivity index (χ4v) is 4.57. The minimum absolute atomic E-state index is 0.0741. The van der Waals surface area contributed by atoms with Gasteiger partial charge in [0.1, 0.15) is 29.4 Å². The zero-order valence-electron chi connectivity index (χ0n) is 22.9. The maximum Gasteiger partial charge on any atom is 0.573 e. The standard InChI is InChI=1S/C22H14F7N5O2.C6H6O3S/c23-15-4-7-17(18(24)9-15)20(35,11-34-12-31-32-33-34)21(25,26)19-8-3-14(10-30-19)13-1-5-16(6-2-13)36-22(27,28)29;7-10(8,9)6-4-2-1-3-5-6/h1-10,12,35H,11H2;1-5H,(H,7,8,9). The van der Waals surface area contributed by atoms with Crippen molar-refractivity contribution in [3.63, 3.8) is 0 Å². The largest absolute Gasteiger partial charge is 0.573 e. The summed E-state index contributed by atoms with van der Waals surface area (Å²) in [5, 5.41) is 21.2. The quantitative estimate of drug-likeness (QED) is 0.161. The number of halogens is 7. The van der Waals surface area contributed by atoms with Gasteiger partial charge in [0.05, 0.1) is 11.4 Å². The van der Waals surface area contributed by atoms with E-state index in [1.54, 1.807) is 18.2 Å². The van der Waals surface area contributed by atoms with Crippen molar-refractivity contribution in [3.8, 4) is 16.9 Å². The van der Waals surface area contributed by atoms with Crippen molar-refractivity contribution in [1.29, 1.82) is 0 Å². The van der Waals surface area contributed by atoms with Gasteiger partial charge in [-0.1, -0.05) is 36.4 Å². The lowest BCUT2D eigenvalue weighted by Gasteiger charge is -2.35. The summed E-state index contributed by atoms with van der Waals surface area (Å²) in [7, 11) is -4.00. The molecule has 0 saturated heterocycles. The molecule has 1 unspecified atom stereocenters. The Morgan fingerprint density at radius 3 is 2.00 bits per heavy atom. The van der Waals surface area contributed by atoms with Gasteiger partial charge in [-0.3, -0.25) is 9.54 Å². The number of ether oxygens (including phenoxy) is 1. The number of hydrogen-bond acceptors (Lipinski definition) is 8. The van der Waals surface area contributed by atoms with Crippen molar-refractivity contribution in [2.45, 2.75) is 29.3 Å². The number of pyridine rings is 1. The molecule has 0 bridgehead atoms. The predicted octanol–water partition coefficient (Wildman–Crippen LogP) is 5.53. The van der Waals surface area contributed by atoms with E-state index < -0.39 is 63.2 Å². The van der Waals surface area contributed by atoms with E-state index in [1.807, 2.05) is 0 Å². The topological polar surface area (TPSA) is 140 Å². The second-order valence-corrected chi connectivity index (χ2v) is 10.8. The van der Waals surface area contributed by atoms with E-state index in [4.69, 9.17) is 4.55 Å². The van der Waals surface area contributed by atoms with E-state index in [1.165, 1.54) is 30.3 Å². The SMILES string of the molecule is O=S(=O)(O)c1ccccc1.OC(Cn1cnnn1)(c1ccc(F)cc1F)C(F)(F)c1ccc(-c2ccc(OC(F)(F)F)cc2)cn1. The summed E-state index contributed by atoms with van der Waals surface area (Å²) in [4.78, 5) is 3.62. The van der Waals surface area contributed by atoms with Crippen LogP contribution >= 0.6 is 0 Å². The Labute approximate surface area is 255 Å². The lowest BCUT2D eigenvalue weighted by molar-refractivity contribution is -0.274. The molecule has 10 nitrogen and oxygen atoms in total. The molecule has 5 rings (SSSR count). The van der Waals surface area contributed by atoms with Crippen molar-refractivity contribution in [1.82, 2.24) is 25.2 Å². The third-order valence-corrected chi connectivity index (χ3v) is 7.09. The van der Waals surface area contributed by atoms with Crippen LogP contribution in [0.4, 0.5) is 30.7 Å². The third kappa shape index (κ3) is 8.01. The average molecular weight is 672 g/mol. The van der Waals surface area contributed by atoms with Gasteiger partial charge < -0.3 is 9.84 Å². The summed E-state index contributed by atoms with van der Waals surface area (Å²) < 4.78 is 130. The van der Waals surface area contributed by atoms with Crippen LogP contribution in [0, 0.1) is 11.6 Å². The molecule has 3 aromatic carbocycles. The predicted molar refractivity (Wildman–Crippen MR) is 145 cm³/mol. The molecule has 46 heavy (non-hydrogen) atoms. The first kappa shape index (κ1) is 33.9. The highest BCUT2D eigenvalue weighted by Crippen LogP contribution is 2.47. The highest BCUT2D eigenvalue weighted by atomic mass is 32.2. The van der Waals surface area contributed by atoms with Crippen LogP contribution in [0.2, 0.25) is 0 Å². The van der Waals surface area contributed by atoms with Crippen LogP contribution in [0.3, 0.4) is 0 Å². The van der Waals surface area contributed by atoms with E-state index in [9.17, 15) is 35.5 Å². The lowest BCUT2D eigenvalue weighted by Crippen LogP contribution is -2.48. The Morgan fingerprint density at radius 2 is 1.50 bits per heavy atom. The van der Waals surface area contributed by atoms with Gasteiger partial charge in [0.25, 0.3) is 10.1 Å². The smallest absolute Gasteiger partial charge is 0.406 e. The van der Waals surface area contributed by atoms with Gasteiger partial charge in [-0.2, -0.15) is 17.2 Å². The molecule has 0 spiro atoms. The molecular weight excluding hydrogens is 651 g/mol. The molecule has 0 saturated carbocycles. The second kappa shape index (κ2) is 13.2. The molecule has 0 fully saturated rings. The first-order valence-electron chi connectivity index (χ1n) is 12.6. The lowest BCUT2D eigenvalue weighted by atomic mass is 9.84. The van der Waals surface area contributed by atoms with Crippen LogP contribution in [0.1, 0.15) is 11.3 Å². The number of tetrazole rings is 1. The van der Waals surface area contributed by atoms with Gasteiger partial charge in [-0.15, -0.1) is 18.3 Å². The Hall–Kier alpha value is -4.94. The molecule has 2 aromatic heterocycles. The Balaban J connectivity index is 0.000000409. The molecule has 2 N–H and O–H groups in total. The van der Waals surface area contributed by atoms with E-state index >= 15 is 8.78 Å². The van der Waals surface area contributed by atoms with Crippen molar-refractivity contribution >= 4 is 10.1 Å². The molecule has 0 radical (unpaired) electrons. The summed E-state index contributed by atoms with van der Waals surface area (Å²) in [6.45, 7) is -1.01. The van der Waals surface area contributed by atoms with E-state index in [-0.39, 0.29) is 10.5 Å². The van der Waals surface area contributed by atoms with E-state index in [0.29, 0.717) is 23.8 Å². The summed E-state index contributed by atoms with van der Waals surface area (Å²) in [6.07, 6.45) is -2.95. The molecule has 242 valence electrons. The second-order valence-electron chi connectivity index (χ2n) is 9.36. The van der Waals surface area contributed by atoms with Crippen LogP contribution in [0.25, 0.3) is 11.1 Å². The Kier molecular flexibility index (Phi) is 9.74. The molecule has 0 amide bonds. The molecular formula is C28H20F7N5O5S. The molecule has 0 aliphatic rings. The van der Waals surface area contributed by atoms with E-state index in [2.05, 4.69) is 25.2 Å². The highest BCUT2D eigenvalue weighted by molar-refractivity contribution is 7.85. The third-order valence-electron chi connectivity index (χ3n) is 6.23. The maximum atomic E-state index is 15.7. The summed E-state index contributed by atoms with van der Waals surface area (Å²) >= 11 is 0. The van der Waals surface area contributed by atoms with Crippen LogP contribution < -0.4 is 4.74 Å². The van der Waals surface area contributed by atoms with Crippen molar-refractivity contribution in [3.05, 3.63) is 120 Å². The zero-order chi connectivity index (χ0) is 33.8. The van der Waals surface area contributed by atoms with Crippen LogP contribution in [0.15, 0.2) is 102 Å². The fourth-order valence-electron chi connectivity index (χ4n) is 4.07. The first-order chi connectivity index (χ1) is 21.5. The monoisotopic (exact) mass is 671 g/mol. The van der Waals surface area contributed by atoms with Gasteiger partial charge in [-0.25, -0.2) is 13.5 Å². The maximum absolute atomic E-state index is 15.7. The van der Waals surface area contributed by atoms with Crippen LogP contribution in [-0.4, -0.2) is 49.6 Å². The molecule has 2 heterocycles. The van der Waals surface area contributed by atoms with Gasteiger partial charge in [0.2, 0.25) is 0 Å². The number of nitrogens with zero attached hydrogens (tertiary/aromatic N) is 5. The zero-order valence-corrected chi connectivity index (χ0v) is 23.7. The minimum Gasteiger partial charge on any atom is -0.406 e. The fraction of sp³-hybridized carbons (Fsp3) is 0.143. The Morgan fingerprint density at radius 1 is 0.848 bits per heavy atom. The minimum atomic E-state index is -4.88. The highest BCUT2D eigenvalue weighted by Gasteiger charge is 2.58. The average Bonchev–Trinajstić information content (AvgIpc) is 3.50. The number of benzene rings is 3. The molecule has 0 aliphatic heterocycles. The number of rotatable bonds is 8. The molecule has 0 aliphatic carbocycles. The van der Waals surface area contributed by atoms with Gasteiger partial charge in [0, 0.05) is 23.4 Å². The summed E-state index contributed by atoms with van der Waals surface area (Å²) in [6, 6.07) is 15.8. The summed E-state index contributed by atoms with van der Waals surface area (Å²) in [5.41, 5.74) is -4.60. The molecule has 18 heteroatoms. The van der Waals surface area contributed by atoms with Crippen molar-refractivity contribution in [2.24, 2.45) is 0 Å². The number of aliphatic hydroxyl groups is 1. The summed E-state index contributed by atoms with van der Waals surface area (Å²) in [5.74, 6) is -7.20. The van der Waals surface area contributed by atoms with Crippen LogP contribution in [-0.2, 0) is 28.2 Å². The first-order valence-corrected chi connectivity index (χ1v) is 14.1. The number of alkyl halides is 5. The molecule has 1 atom stereocenters. The van der Waals surface area contributed by atoms with Gasteiger partial charge in [0.15, 0.2) is 5.60 Å². The molecule has 5 aromatic rings. The number of aromatic nitrogens is 5. The van der Waals surface area contributed by atoms with Crippen molar-refractivity contribution in [2.75, 3.05) is 0 Å².